The van der Waals surface area contributed by atoms with Crippen LogP contribution in [0.15, 0.2) is 58.2 Å². The van der Waals surface area contributed by atoms with Crippen molar-refractivity contribution >= 4 is 27.7 Å². The smallest absolute Gasteiger partial charge is 0.196 e. The molecule has 3 aromatic rings. The summed E-state index contributed by atoms with van der Waals surface area (Å²) in [5.41, 5.74) is 1.65. The molecule has 0 aliphatic heterocycles. The van der Waals surface area contributed by atoms with Gasteiger partial charge in [-0.05, 0) is 42.8 Å². The van der Waals surface area contributed by atoms with E-state index in [9.17, 15) is 5.11 Å². The van der Waals surface area contributed by atoms with E-state index in [4.69, 9.17) is 0 Å². The zero-order valence-corrected chi connectivity index (χ0v) is 15.7. The van der Waals surface area contributed by atoms with Crippen LogP contribution < -0.4 is 0 Å². The Morgan fingerprint density at radius 1 is 1.08 bits per heavy atom. The highest BCUT2D eigenvalue weighted by atomic mass is 79.9. The first-order chi connectivity index (χ1) is 11.7. The first-order valence-corrected chi connectivity index (χ1v) is 9.61. The second kappa shape index (κ2) is 7.85. The predicted molar refractivity (Wildman–Crippen MR) is 102 cm³/mol. The maximum Gasteiger partial charge on any atom is 0.196 e. The van der Waals surface area contributed by atoms with Gasteiger partial charge in [0.15, 0.2) is 11.0 Å². The van der Waals surface area contributed by atoms with E-state index in [0.717, 1.165) is 33.9 Å². The number of aromatic nitrogens is 3. The predicted octanol–water partition coefficient (Wildman–Crippen LogP) is 5.29. The van der Waals surface area contributed by atoms with Gasteiger partial charge in [-0.3, -0.25) is 4.57 Å². The number of phenols is 1. The lowest BCUT2D eigenvalue weighted by molar-refractivity contribution is 0.476. The van der Waals surface area contributed by atoms with Crippen LogP contribution in [-0.2, 0) is 0 Å². The number of unbranched alkanes of at least 4 members (excludes halogenated alkanes) is 1. The summed E-state index contributed by atoms with van der Waals surface area (Å²) < 4.78 is 3.02. The molecule has 1 N–H and O–H groups in total. The lowest BCUT2D eigenvalue weighted by Gasteiger charge is -2.11. The lowest BCUT2D eigenvalue weighted by Crippen LogP contribution is -2.00. The first-order valence-electron chi connectivity index (χ1n) is 7.83. The molecule has 0 amide bonds. The summed E-state index contributed by atoms with van der Waals surface area (Å²) in [6, 6.07) is 15.2. The number of nitrogens with zero attached hydrogens (tertiary/aromatic N) is 3. The highest BCUT2D eigenvalue weighted by molar-refractivity contribution is 9.10. The van der Waals surface area contributed by atoms with Crippen LogP contribution >= 0.6 is 27.7 Å². The zero-order chi connectivity index (χ0) is 16.9. The Balaban J connectivity index is 2.09. The third-order valence-electron chi connectivity index (χ3n) is 3.59. The standard InChI is InChI=1S/C18H18BrN3OS/c1-2-3-12-24-18-21-20-17(15-6-4-5-7-16(15)23)22(18)14-10-8-13(19)9-11-14/h4-11,23H,2-3,12H2,1H3. The summed E-state index contributed by atoms with van der Waals surface area (Å²) in [7, 11) is 0. The zero-order valence-electron chi connectivity index (χ0n) is 13.3. The largest absolute Gasteiger partial charge is 0.507 e. The molecule has 0 bridgehead atoms. The summed E-state index contributed by atoms with van der Waals surface area (Å²) in [4.78, 5) is 0. The van der Waals surface area contributed by atoms with Crippen LogP contribution in [0.3, 0.4) is 0 Å². The maximum atomic E-state index is 10.2. The minimum atomic E-state index is 0.202. The SMILES string of the molecule is CCCCSc1nnc(-c2ccccc2O)n1-c1ccc(Br)cc1. The van der Waals surface area contributed by atoms with Crippen LogP contribution in [0.4, 0.5) is 0 Å². The molecular formula is C18H18BrN3OS. The van der Waals surface area contributed by atoms with Crippen LogP contribution in [0.25, 0.3) is 17.1 Å². The summed E-state index contributed by atoms with van der Waals surface area (Å²) in [5.74, 6) is 1.84. The highest BCUT2D eigenvalue weighted by Gasteiger charge is 2.18. The van der Waals surface area contributed by atoms with Crippen LogP contribution in [0.5, 0.6) is 5.75 Å². The fraction of sp³-hybridized carbons (Fsp3) is 0.222. The van der Waals surface area contributed by atoms with Gasteiger partial charge in [0.1, 0.15) is 5.75 Å². The van der Waals surface area contributed by atoms with E-state index in [1.807, 2.05) is 41.0 Å². The van der Waals surface area contributed by atoms with Gasteiger partial charge in [0, 0.05) is 15.9 Å². The number of hydrogen-bond donors (Lipinski definition) is 1. The Hall–Kier alpha value is -1.79. The normalized spacial score (nSPS) is 10.9. The number of para-hydroxylation sites is 1. The highest BCUT2D eigenvalue weighted by Crippen LogP contribution is 2.33. The van der Waals surface area contributed by atoms with E-state index in [2.05, 4.69) is 33.1 Å². The molecule has 1 heterocycles. The number of halogens is 1. The summed E-state index contributed by atoms with van der Waals surface area (Å²) in [6.07, 6.45) is 2.27. The van der Waals surface area contributed by atoms with Crippen molar-refractivity contribution in [3.63, 3.8) is 0 Å². The molecule has 0 atom stereocenters. The fourth-order valence-electron chi connectivity index (χ4n) is 2.33. The Kier molecular flexibility index (Phi) is 5.58. The Morgan fingerprint density at radius 2 is 1.83 bits per heavy atom. The van der Waals surface area contributed by atoms with Crippen molar-refractivity contribution in [3.8, 4) is 22.8 Å². The van der Waals surface area contributed by atoms with Crippen molar-refractivity contribution in [1.29, 1.82) is 0 Å². The van der Waals surface area contributed by atoms with E-state index in [0.29, 0.717) is 11.4 Å². The van der Waals surface area contributed by atoms with Gasteiger partial charge in [-0.2, -0.15) is 0 Å². The quantitative estimate of drug-likeness (QED) is 0.448. The molecule has 3 rings (SSSR count). The van der Waals surface area contributed by atoms with Gasteiger partial charge < -0.3 is 5.11 Å². The third kappa shape index (κ3) is 3.65. The number of thioether (sulfide) groups is 1. The van der Waals surface area contributed by atoms with E-state index >= 15 is 0 Å². The summed E-state index contributed by atoms with van der Waals surface area (Å²) in [5, 5.41) is 19.7. The summed E-state index contributed by atoms with van der Waals surface area (Å²) in [6.45, 7) is 2.17. The Morgan fingerprint density at radius 3 is 2.54 bits per heavy atom. The molecule has 0 saturated carbocycles. The van der Waals surface area contributed by atoms with Gasteiger partial charge in [0.05, 0.1) is 5.56 Å². The van der Waals surface area contributed by atoms with E-state index in [-0.39, 0.29) is 5.75 Å². The Bertz CT molecular complexity index is 817. The van der Waals surface area contributed by atoms with Crippen molar-refractivity contribution in [2.45, 2.75) is 24.9 Å². The number of benzene rings is 2. The van der Waals surface area contributed by atoms with E-state index in [1.165, 1.54) is 0 Å². The molecule has 0 spiro atoms. The Labute approximate surface area is 154 Å². The molecule has 0 radical (unpaired) electrons. The minimum absolute atomic E-state index is 0.202. The van der Waals surface area contributed by atoms with Crippen LogP contribution in [0.1, 0.15) is 19.8 Å². The van der Waals surface area contributed by atoms with Gasteiger partial charge in [0.2, 0.25) is 0 Å². The van der Waals surface area contributed by atoms with E-state index < -0.39 is 0 Å². The number of aromatic hydroxyl groups is 1. The molecule has 0 unspecified atom stereocenters. The molecule has 4 nitrogen and oxygen atoms in total. The number of rotatable bonds is 6. The molecule has 0 aliphatic rings. The average molecular weight is 404 g/mol. The molecule has 124 valence electrons. The molecule has 0 aliphatic carbocycles. The third-order valence-corrected chi connectivity index (χ3v) is 5.14. The van der Waals surface area contributed by atoms with Crippen molar-refractivity contribution in [1.82, 2.24) is 14.8 Å². The first kappa shape index (κ1) is 17.0. The van der Waals surface area contributed by atoms with Crippen molar-refractivity contribution in [2.75, 3.05) is 5.75 Å². The minimum Gasteiger partial charge on any atom is -0.507 e. The second-order valence-electron chi connectivity index (χ2n) is 5.34. The topological polar surface area (TPSA) is 50.9 Å². The van der Waals surface area contributed by atoms with Gasteiger partial charge in [-0.25, -0.2) is 0 Å². The van der Waals surface area contributed by atoms with Gasteiger partial charge >= 0.3 is 0 Å². The van der Waals surface area contributed by atoms with Crippen molar-refractivity contribution in [3.05, 3.63) is 53.0 Å². The molecule has 24 heavy (non-hydrogen) atoms. The van der Waals surface area contributed by atoms with Gasteiger partial charge in [-0.15, -0.1) is 10.2 Å². The van der Waals surface area contributed by atoms with Crippen LogP contribution in [0, 0.1) is 0 Å². The van der Waals surface area contributed by atoms with Crippen LogP contribution in [-0.4, -0.2) is 25.6 Å². The lowest BCUT2D eigenvalue weighted by atomic mass is 10.2. The fourth-order valence-corrected chi connectivity index (χ4v) is 3.63. The maximum absolute atomic E-state index is 10.2. The molecule has 1 aromatic heterocycles. The second-order valence-corrected chi connectivity index (χ2v) is 7.31. The summed E-state index contributed by atoms with van der Waals surface area (Å²) >= 11 is 5.16. The van der Waals surface area contributed by atoms with Crippen LogP contribution in [0.2, 0.25) is 0 Å². The number of hydrogen-bond acceptors (Lipinski definition) is 4. The van der Waals surface area contributed by atoms with Gasteiger partial charge in [-0.1, -0.05) is 53.2 Å². The average Bonchev–Trinajstić information content (AvgIpc) is 3.00. The number of phenolic OH excluding ortho intramolecular Hbond substituents is 1. The van der Waals surface area contributed by atoms with Crippen molar-refractivity contribution < 1.29 is 5.11 Å². The van der Waals surface area contributed by atoms with Crippen molar-refractivity contribution in [2.24, 2.45) is 0 Å². The monoisotopic (exact) mass is 403 g/mol. The molecule has 2 aromatic carbocycles. The van der Waals surface area contributed by atoms with Gasteiger partial charge in [0.25, 0.3) is 0 Å². The van der Waals surface area contributed by atoms with E-state index in [1.54, 1.807) is 23.9 Å². The molecular weight excluding hydrogens is 386 g/mol. The molecule has 6 heteroatoms. The molecule has 0 fully saturated rings. The molecule has 0 saturated heterocycles.